The van der Waals surface area contributed by atoms with E-state index in [1.807, 2.05) is 42.5 Å². The maximum Gasteiger partial charge on any atom is 0.157 e. The number of rotatable bonds is 7. The summed E-state index contributed by atoms with van der Waals surface area (Å²) >= 11 is 0. The predicted octanol–water partition coefficient (Wildman–Crippen LogP) is 3.38. The second-order valence-corrected chi connectivity index (χ2v) is 5.46. The third-order valence-electron chi connectivity index (χ3n) is 4.01. The lowest BCUT2D eigenvalue weighted by molar-refractivity contribution is 0.316. The van der Waals surface area contributed by atoms with Crippen LogP contribution in [0.1, 0.15) is 13.8 Å². The molecule has 23 heavy (non-hydrogen) atoms. The molecule has 3 aromatic rings. The van der Waals surface area contributed by atoms with Gasteiger partial charge in [-0.05, 0) is 37.4 Å². The fraction of sp³-hybridized carbons (Fsp3) is 0.333. The Morgan fingerprint density at radius 3 is 2.61 bits per heavy atom. The molecule has 0 radical (unpaired) electrons. The maximum absolute atomic E-state index is 4.66. The highest BCUT2D eigenvalue weighted by atomic mass is 15.1. The van der Waals surface area contributed by atoms with E-state index in [9.17, 15) is 0 Å². The molecule has 2 aromatic heterocycles. The smallest absolute Gasteiger partial charge is 0.157 e. The quantitative estimate of drug-likeness (QED) is 0.702. The zero-order valence-corrected chi connectivity index (χ0v) is 13.7. The molecule has 0 aliphatic carbocycles. The number of hydrogen-bond acceptors (Lipinski definition) is 4. The summed E-state index contributed by atoms with van der Waals surface area (Å²) in [6, 6.07) is 14.0. The van der Waals surface area contributed by atoms with E-state index in [2.05, 4.69) is 39.0 Å². The van der Waals surface area contributed by atoms with Crippen LogP contribution in [0, 0.1) is 0 Å². The highest BCUT2D eigenvalue weighted by Gasteiger charge is 2.07. The molecule has 0 fully saturated rings. The number of benzene rings is 1. The standard InChI is InChI=1S/C18H23N5/c1-3-23(4-2)13-12-19-17-11-7-10-16(20-17)18-21-14-8-5-6-9-15(14)22-18/h5-11H,3-4,12-13H2,1-2H3,(H,19,20)(H,21,22). The van der Waals surface area contributed by atoms with Gasteiger partial charge in [0.2, 0.25) is 0 Å². The molecule has 0 aliphatic rings. The van der Waals surface area contributed by atoms with E-state index < -0.39 is 0 Å². The van der Waals surface area contributed by atoms with Crippen molar-refractivity contribution in [3.63, 3.8) is 0 Å². The van der Waals surface area contributed by atoms with Crippen molar-refractivity contribution in [2.45, 2.75) is 13.8 Å². The zero-order chi connectivity index (χ0) is 16.1. The summed E-state index contributed by atoms with van der Waals surface area (Å²) in [6.45, 7) is 8.42. The monoisotopic (exact) mass is 309 g/mol. The highest BCUT2D eigenvalue weighted by molar-refractivity contribution is 5.78. The summed E-state index contributed by atoms with van der Waals surface area (Å²) in [5, 5.41) is 3.39. The Morgan fingerprint density at radius 1 is 1.00 bits per heavy atom. The maximum atomic E-state index is 4.66. The molecular formula is C18H23N5. The van der Waals surface area contributed by atoms with Crippen molar-refractivity contribution >= 4 is 16.9 Å². The Labute approximate surface area is 136 Å². The molecule has 0 bridgehead atoms. The fourth-order valence-electron chi connectivity index (χ4n) is 2.62. The number of imidazole rings is 1. The van der Waals surface area contributed by atoms with Crippen LogP contribution in [0.2, 0.25) is 0 Å². The molecule has 5 heteroatoms. The molecule has 0 spiro atoms. The normalized spacial score (nSPS) is 11.3. The molecule has 5 nitrogen and oxygen atoms in total. The van der Waals surface area contributed by atoms with Gasteiger partial charge in [0.15, 0.2) is 5.82 Å². The lowest BCUT2D eigenvalue weighted by Crippen LogP contribution is -2.28. The number of H-pyrrole nitrogens is 1. The molecule has 0 saturated heterocycles. The van der Waals surface area contributed by atoms with Crippen LogP contribution < -0.4 is 5.32 Å². The van der Waals surface area contributed by atoms with Crippen LogP contribution in [0.25, 0.3) is 22.6 Å². The highest BCUT2D eigenvalue weighted by Crippen LogP contribution is 2.19. The number of aromatic nitrogens is 3. The summed E-state index contributed by atoms with van der Waals surface area (Å²) in [4.78, 5) is 15.0. The average molecular weight is 309 g/mol. The SMILES string of the molecule is CCN(CC)CCNc1cccc(-c2nc3ccccc3[nH]2)n1. The van der Waals surface area contributed by atoms with Crippen LogP contribution >= 0.6 is 0 Å². The van der Waals surface area contributed by atoms with Gasteiger partial charge in [0.05, 0.1) is 11.0 Å². The van der Waals surface area contributed by atoms with Crippen LogP contribution in [0.3, 0.4) is 0 Å². The van der Waals surface area contributed by atoms with Crippen molar-refractivity contribution in [3.05, 3.63) is 42.5 Å². The van der Waals surface area contributed by atoms with E-state index in [0.29, 0.717) is 0 Å². The predicted molar refractivity (Wildman–Crippen MR) is 95.6 cm³/mol. The lowest BCUT2D eigenvalue weighted by Gasteiger charge is -2.18. The number of likely N-dealkylation sites (N-methyl/N-ethyl adjacent to an activating group) is 1. The number of fused-ring (bicyclic) bond motifs is 1. The Kier molecular flexibility index (Phi) is 4.88. The summed E-state index contributed by atoms with van der Waals surface area (Å²) < 4.78 is 0. The molecule has 1 aromatic carbocycles. The number of anilines is 1. The Morgan fingerprint density at radius 2 is 1.83 bits per heavy atom. The van der Waals surface area contributed by atoms with E-state index in [1.165, 1.54) is 0 Å². The molecular weight excluding hydrogens is 286 g/mol. The molecule has 0 unspecified atom stereocenters. The Hall–Kier alpha value is -2.40. The molecule has 3 rings (SSSR count). The van der Waals surface area contributed by atoms with Crippen molar-refractivity contribution in [2.24, 2.45) is 0 Å². The van der Waals surface area contributed by atoms with Crippen LogP contribution in [0.15, 0.2) is 42.5 Å². The van der Waals surface area contributed by atoms with Crippen molar-refractivity contribution in [1.82, 2.24) is 19.9 Å². The Balaban J connectivity index is 1.72. The lowest BCUT2D eigenvalue weighted by atomic mass is 10.3. The number of pyridine rings is 1. The van der Waals surface area contributed by atoms with E-state index in [4.69, 9.17) is 0 Å². The average Bonchev–Trinajstić information content (AvgIpc) is 3.03. The first-order valence-electron chi connectivity index (χ1n) is 8.18. The summed E-state index contributed by atoms with van der Waals surface area (Å²) in [5.41, 5.74) is 2.85. The molecule has 0 atom stereocenters. The number of aromatic amines is 1. The van der Waals surface area contributed by atoms with Gasteiger partial charge in [0.25, 0.3) is 0 Å². The van der Waals surface area contributed by atoms with Crippen molar-refractivity contribution < 1.29 is 0 Å². The molecule has 0 aliphatic heterocycles. The number of nitrogens with one attached hydrogen (secondary N) is 2. The van der Waals surface area contributed by atoms with Crippen molar-refractivity contribution in [1.29, 1.82) is 0 Å². The number of hydrogen-bond donors (Lipinski definition) is 2. The van der Waals surface area contributed by atoms with E-state index >= 15 is 0 Å². The topological polar surface area (TPSA) is 56.8 Å². The van der Waals surface area contributed by atoms with Gasteiger partial charge < -0.3 is 15.2 Å². The van der Waals surface area contributed by atoms with Crippen LogP contribution in [0.5, 0.6) is 0 Å². The van der Waals surface area contributed by atoms with Crippen LogP contribution in [-0.2, 0) is 0 Å². The second-order valence-electron chi connectivity index (χ2n) is 5.46. The van der Waals surface area contributed by atoms with Crippen molar-refractivity contribution in [3.8, 4) is 11.5 Å². The van der Waals surface area contributed by atoms with Crippen molar-refractivity contribution in [2.75, 3.05) is 31.5 Å². The number of para-hydroxylation sites is 2. The second kappa shape index (κ2) is 7.24. The minimum absolute atomic E-state index is 0.804. The minimum Gasteiger partial charge on any atom is -0.369 e. The molecule has 2 N–H and O–H groups in total. The summed E-state index contributed by atoms with van der Waals surface area (Å²) in [7, 11) is 0. The van der Waals surface area contributed by atoms with Gasteiger partial charge in [-0.25, -0.2) is 9.97 Å². The van der Waals surface area contributed by atoms with Gasteiger partial charge in [-0.15, -0.1) is 0 Å². The van der Waals surface area contributed by atoms with Gasteiger partial charge >= 0.3 is 0 Å². The third-order valence-corrected chi connectivity index (χ3v) is 4.01. The number of nitrogens with zero attached hydrogens (tertiary/aromatic N) is 3. The molecule has 2 heterocycles. The summed E-state index contributed by atoms with van der Waals surface area (Å²) in [6.07, 6.45) is 0. The van der Waals surface area contributed by atoms with Gasteiger partial charge in [0.1, 0.15) is 11.5 Å². The largest absolute Gasteiger partial charge is 0.369 e. The fourth-order valence-corrected chi connectivity index (χ4v) is 2.62. The first-order valence-corrected chi connectivity index (χ1v) is 8.18. The van der Waals surface area contributed by atoms with Crippen LogP contribution in [-0.4, -0.2) is 46.0 Å². The Bertz CT molecular complexity index is 728. The van der Waals surface area contributed by atoms with Gasteiger partial charge in [0, 0.05) is 13.1 Å². The minimum atomic E-state index is 0.804. The van der Waals surface area contributed by atoms with Gasteiger partial charge in [-0.2, -0.15) is 0 Å². The first kappa shape index (κ1) is 15.5. The van der Waals surface area contributed by atoms with E-state index in [0.717, 1.165) is 54.5 Å². The molecule has 120 valence electrons. The summed E-state index contributed by atoms with van der Waals surface area (Å²) in [5.74, 6) is 1.69. The first-order chi connectivity index (χ1) is 11.3. The zero-order valence-electron chi connectivity index (χ0n) is 13.7. The van der Waals surface area contributed by atoms with E-state index in [-0.39, 0.29) is 0 Å². The van der Waals surface area contributed by atoms with Gasteiger partial charge in [-0.3, -0.25) is 0 Å². The molecule has 0 saturated carbocycles. The van der Waals surface area contributed by atoms with Crippen LogP contribution in [0.4, 0.5) is 5.82 Å². The van der Waals surface area contributed by atoms with E-state index in [1.54, 1.807) is 0 Å². The van der Waals surface area contributed by atoms with Gasteiger partial charge in [-0.1, -0.05) is 32.0 Å². The third kappa shape index (κ3) is 3.68. The molecule has 0 amide bonds.